The maximum atomic E-state index is 12.7. The topological polar surface area (TPSA) is 55.8 Å². The second-order valence-electron chi connectivity index (χ2n) is 7.61. The summed E-state index contributed by atoms with van der Waals surface area (Å²) >= 11 is 0. The van der Waals surface area contributed by atoms with Crippen LogP contribution >= 0.6 is 0 Å². The molecule has 0 bridgehead atoms. The molecule has 0 spiro atoms. The summed E-state index contributed by atoms with van der Waals surface area (Å²) in [6, 6.07) is 7.83. The number of phenols is 1. The van der Waals surface area contributed by atoms with Gasteiger partial charge in [-0.15, -0.1) is 0 Å². The molecule has 1 aliphatic carbocycles. The Balaban J connectivity index is 1.50. The predicted molar refractivity (Wildman–Crippen MR) is 99.5 cm³/mol. The van der Waals surface area contributed by atoms with Crippen LogP contribution in [0.5, 0.6) is 5.75 Å². The smallest absolute Gasteiger partial charge is 0.317 e. The van der Waals surface area contributed by atoms with Gasteiger partial charge in [-0.1, -0.05) is 18.6 Å². The van der Waals surface area contributed by atoms with E-state index < -0.39 is 0 Å². The third-order valence-electron chi connectivity index (χ3n) is 5.36. The summed E-state index contributed by atoms with van der Waals surface area (Å²) in [5, 5.41) is 12.7. The minimum Gasteiger partial charge on any atom is -0.508 e. The molecule has 2 N–H and O–H groups in total. The number of carbonyl (C=O) groups is 1. The number of nitrogens with zero attached hydrogens (tertiary/aromatic N) is 2. The second-order valence-corrected chi connectivity index (χ2v) is 7.61. The van der Waals surface area contributed by atoms with Crippen molar-refractivity contribution in [2.45, 2.75) is 51.6 Å². The summed E-state index contributed by atoms with van der Waals surface area (Å²) in [4.78, 5) is 17.0. The number of nitrogens with one attached hydrogen (secondary N) is 1. The molecule has 5 heteroatoms. The first-order chi connectivity index (χ1) is 12.1. The molecule has 1 heterocycles. The van der Waals surface area contributed by atoms with Crippen molar-refractivity contribution in [2.75, 3.05) is 26.2 Å². The fourth-order valence-corrected chi connectivity index (χ4v) is 3.61. The van der Waals surface area contributed by atoms with Gasteiger partial charge in [0.25, 0.3) is 0 Å². The first-order valence-electron chi connectivity index (χ1n) is 9.66. The molecule has 5 nitrogen and oxygen atoms in total. The number of amides is 2. The Hall–Kier alpha value is -1.75. The number of rotatable bonds is 7. The number of benzene rings is 1. The number of piperidine rings is 1. The van der Waals surface area contributed by atoms with Crippen LogP contribution in [0.3, 0.4) is 0 Å². The van der Waals surface area contributed by atoms with Crippen LogP contribution in [-0.2, 0) is 6.54 Å². The van der Waals surface area contributed by atoms with E-state index in [1.54, 1.807) is 12.1 Å². The van der Waals surface area contributed by atoms with Crippen molar-refractivity contribution in [3.8, 4) is 5.75 Å². The van der Waals surface area contributed by atoms with Crippen molar-refractivity contribution in [3.05, 3.63) is 29.8 Å². The van der Waals surface area contributed by atoms with Crippen LogP contribution in [0.25, 0.3) is 0 Å². The summed E-state index contributed by atoms with van der Waals surface area (Å²) in [6.07, 6.45) is 6.29. The maximum absolute atomic E-state index is 12.7. The van der Waals surface area contributed by atoms with Gasteiger partial charge in [0.1, 0.15) is 5.75 Å². The average molecular weight is 345 g/mol. The van der Waals surface area contributed by atoms with E-state index in [1.165, 1.54) is 32.1 Å². The van der Waals surface area contributed by atoms with Gasteiger partial charge in [-0.05, 0) is 62.8 Å². The van der Waals surface area contributed by atoms with Gasteiger partial charge in [0.15, 0.2) is 0 Å². The van der Waals surface area contributed by atoms with Crippen LogP contribution in [-0.4, -0.2) is 53.2 Å². The number of likely N-dealkylation sites (tertiary alicyclic amines) is 1. The molecule has 0 aromatic heterocycles. The standard InChI is InChI=1S/C20H31N3O2/c1-16-5-2-3-11-22(16)12-10-21-20(25)23(14-17-8-9-17)15-18-6-4-7-19(24)13-18/h4,6-7,13,16-17,24H,2-3,5,8-12,14-15H2,1H3,(H,21,25)/t16-/m0/s1. The van der Waals surface area contributed by atoms with Crippen LogP contribution in [0.1, 0.15) is 44.6 Å². The highest BCUT2D eigenvalue weighted by Crippen LogP contribution is 2.30. The van der Waals surface area contributed by atoms with Crippen molar-refractivity contribution < 1.29 is 9.90 Å². The van der Waals surface area contributed by atoms with Crippen molar-refractivity contribution in [3.63, 3.8) is 0 Å². The zero-order chi connectivity index (χ0) is 17.6. The van der Waals surface area contributed by atoms with Crippen molar-refractivity contribution in [2.24, 2.45) is 5.92 Å². The average Bonchev–Trinajstić information content (AvgIpc) is 3.40. The second kappa shape index (κ2) is 8.56. The fourth-order valence-electron chi connectivity index (χ4n) is 3.61. The molecule has 3 rings (SSSR count). The van der Waals surface area contributed by atoms with Crippen LogP contribution in [0, 0.1) is 5.92 Å². The minimum atomic E-state index is 0.0138. The van der Waals surface area contributed by atoms with E-state index in [2.05, 4.69) is 17.1 Å². The van der Waals surface area contributed by atoms with Gasteiger partial charge in [0, 0.05) is 32.2 Å². The predicted octanol–water partition coefficient (Wildman–Crippen LogP) is 3.19. The Morgan fingerprint density at radius 3 is 2.88 bits per heavy atom. The van der Waals surface area contributed by atoms with Gasteiger partial charge in [-0.3, -0.25) is 4.90 Å². The van der Waals surface area contributed by atoms with E-state index in [0.717, 1.165) is 25.2 Å². The number of hydrogen-bond acceptors (Lipinski definition) is 3. The monoisotopic (exact) mass is 345 g/mol. The van der Waals surface area contributed by atoms with E-state index in [9.17, 15) is 9.90 Å². The molecule has 0 radical (unpaired) electrons. The molecular weight excluding hydrogens is 314 g/mol. The molecule has 1 atom stereocenters. The molecular formula is C20H31N3O2. The molecule has 1 saturated heterocycles. The zero-order valence-corrected chi connectivity index (χ0v) is 15.3. The molecule has 1 aliphatic heterocycles. The van der Waals surface area contributed by atoms with Gasteiger partial charge in [0.05, 0.1) is 0 Å². The highest BCUT2D eigenvalue weighted by molar-refractivity contribution is 5.74. The van der Waals surface area contributed by atoms with Gasteiger partial charge < -0.3 is 15.3 Å². The zero-order valence-electron chi connectivity index (χ0n) is 15.3. The summed E-state index contributed by atoms with van der Waals surface area (Å²) in [5.41, 5.74) is 0.973. The molecule has 0 unspecified atom stereocenters. The van der Waals surface area contributed by atoms with Gasteiger partial charge in [-0.2, -0.15) is 0 Å². The molecule has 1 aromatic rings. The van der Waals surface area contributed by atoms with E-state index >= 15 is 0 Å². The molecule has 138 valence electrons. The fraction of sp³-hybridized carbons (Fsp3) is 0.650. The first kappa shape index (κ1) is 18.1. The Kier molecular flexibility index (Phi) is 6.19. The molecule has 1 aromatic carbocycles. The van der Waals surface area contributed by atoms with Crippen LogP contribution < -0.4 is 5.32 Å². The highest BCUT2D eigenvalue weighted by Gasteiger charge is 2.27. The van der Waals surface area contributed by atoms with Crippen molar-refractivity contribution in [1.82, 2.24) is 15.1 Å². The van der Waals surface area contributed by atoms with Gasteiger partial charge in [0.2, 0.25) is 0 Å². The summed E-state index contributed by atoms with van der Waals surface area (Å²) in [7, 11) is 0. The third kappa shape index (κ3) is 5.63. The third-order valence-corrected chi connectivity index (χ3v) is 5.36. The molecule has 2 aliphatic rings. The van der Waals surface area contributed by atoms with Crippen LogP contribution in [0.15, 0.2) is 24.3 Å². The minimum absolute atomic E-state index is 0.0138. The number of phenolic OH excluding ortho intramolecular Hbond substituents is 1. The first-order valence-corrected chi connectivity index (χ1v) is 9.66. The molecule has 25 heavy (non-hydrogen) atoms. The molecule has 2 amide bonds. The molecule has 1 saturated carbocycles. The highest BCUT2D eigenvalue weighted by atomic mass is 16.3. The Bertz CT molecular complexity index is 574. The van der Waals surface area contributed by atoms with E-state index in [4.69, 9.17) is 0 Å². The van der Waals surface area contributed by atoms with Crippen molar-refractivity contribution in [1.29, 1.82) is 0 Å². The summed E-state index contributed by atoms with van der Waals surface area (Å²) in [5.74, 6) is 0.897. The summed E-state index contributed by atoms with van der Waals surface area (Å²) < 4.78 is 0. The number of carbonyl (C=O) groups excluding carboxylic acids is 1. The lowest BCUT2D eigenvalue weighted by molar-refractivity contribution is 0.157. The lowest BCUT2D eigenvalue weighted by atomic mass is 10.0. The largest absolute Gasteiger partial charge is 0.508 e. The normalized spacial score (nSPS) is 21.1. The van der Waals surface area contributed by atoms with Crippen molar-refractivity contribution >= 4 is 6.03 Å². The van der Waals surface area contributed by atoms with E-state index in [1.807, 2.05) is 17.0 Å². The number of urea groups is 1. The Morgan fingerprint density at radius 2 is 2.16 bits per heavy atom. The van der Waals surface area contributed by atoms with E-state index in [-0.39, 0.29) is 11.8 Å². The SMILES string of the molecule is C[C@H]1CCCCN1CCNC(=O)N(Cc1cccc(O)c1)CC1CC1. The van der Waals surface area contributed by atoms with E-state index in [0.29, 0.717) is 25.0 Å². The van der Waals surface area contributed by atoms with Crippen LogP contribution in [0.2, 0.25) is 0 Å². The molecule has 2 fully saturated rings. The Morgan fingerprint density at radius 1 is 1.32 bits per heavy atom. The van der Waals surface area contributed by atoms with Gasteiger partial charge >= 0.3 is 6.03 Å². The lowest BCUT2D eigenvalue weighted by Crippen LogP contribution is -2.46. The van der Waals surface area contributed by atoms with Crippen LogP contribution in [0.4, 0.5) is 4.79 Å². The number of aromatic hydroxyl groups is 1. The quantitative estimate of drug-likeness (QED) is 0.798. The lowest BCUT2D eigenvalue weighted by Gasteiger charge is -2.33. The summed E-state index contributed by atoms with van der Waals surface area (Å²) in [6.45, 7) is 6.41. The maximum Gasteiger partial charge on any atom is 0.317 e. The van der Waals surface area contributed by atoms with Gasteiger partial charge in [-0.25, -0.2) is 4.79 Å². The number of hydrogen-bond donors (Lipinski definition) is 2. The Labute approximate surface area is 151 Å².